The lowest BCUT2D eigenvalue weighted by Crippen LogP contribution is -1.87. The molecule has 12 heavy (non-hydrogen) atoms. The molecule has 66 valence electrons. The van der Waals surface area contributed by atoms with E-state index >= 15 is 0 Å². The first-order chi connectivity index (χ1) is 5.90. The predicted molar refractivity (Wildman–Crippen MR) is 50.3 cm³/mol. The number of rotatable bonds is 2. The molecule has 0 saturated heterocycles. The van der Waals surface area contributed by atoms with Crippen LogP contribution in [0.2, 0.25) is 0 Å². The summed E-state index contributed by atoms with van der Waals surface area (Å²) in [5, 5.41) is 4.75. The van der Waals surface area contributed by atoms with Gasteiger partial charge in [-0.25, -0.2) is 0 Å². The topological polar surface area (TPSA) is 26.0 Å². The Morgan fingerprint density at radius 1 is 1.50 bits per heavy atom. The first kappa shape index (κ1) is 8.30. The van der Waals surface area contributed by atoms with E-state index in [1.54, 1.807) is 0 Å². The molecule has 1 aromatic heterocycles. The zero-order valence-electron chi connectivity index (χ0n) is 6.92. The zero-order chi connectivity index (χ0) is 8.39. The normalized spacial score (nSPS) is 18.8. The van der Waals surface area contributed by atoms with Crippen molar-refractivity contribution in [1.82, 2.24) is 5.16 Å². The lowest BCUT2D eigenvalue weighted by Gasteiger charge is -2.00. The Labute approximate surface area is 80.4 Å². The highest BCUT2D eigenvalue weighted by Gasteiger charge is 2.20. The van der Waals surface area contributed by atoms with Crippen molar-refractivity contribution in [3.05, 3.63) is 17.5 Å². The molecule has 1 aliphatic rings. The summed E-state index contributed by atoms with van der Waals surface area (Å²) < 4.78 is 5.26. The third-order valence-corrected chi connectivity index (χ3v) is 3.05. The Hall–Kier alpha value is -0.310. The molecule has 0 atom stereocenters. The third-order valence-electron chi connectivity index (χ3n) is 2.47. The molecule has 0 N–H and O–H groups in total. The molecular weight excluding hydrogens is 218 g/mol. The van der Waals surface area contributed by atoms with Crippen molar-refractivity contribution in [2.45, 2.75) is 36.9 Å². The van der Waals surface area contributed by atoms with Gasteiger partial charge in [0.05, 0.1) is 5.69 Å². The van der Waals surface area contributed by atoms with Crippen LogP contribution in [0, 0.1) is 0 Å². The highest BCUT2D eigenvalue weighted by Crippen LogP contribution is 2.34. The van der Waals surface area contributed by atoms with Crippen molar-refractivity contribution in [3.8, 4) is 0 Å². The summed E-state index contributed by atoms with van der Waals surface area (Å²) in [7, 11) is 0. The van der Waals surface area contributed by atoms with Gasteiger partial charge in [0.15, 0.2) is 0 Å². The van der Waals surface area contributed by atoms with Gasteiger partial charge >= 0.3 is 0 Å². The van der Waals surface area contributed by atoms with Crippen LogP contribution < -0.4 is 0 Å². The van der Waals surface area contributed by atoms with Crippen LogP contribution in [0.5, 0.6) is 0 Å². The van der Waals surface area contributed by atoms with Gasteiger partial charge in [-0.3, -0.25) is 0 Å². The van der Waals surface area contributed by atoms with Crippen molar-refractivity contribution in [2.24, 2.45) is 0 Å². The maximum atomic E-state index is 5.26. The van der Waals surface area contributed by atoms with E-state index in [0.29, 0.717) is 5.92 Å². The second kappa shape index (κ2) is 3.60. The van der Waals surface area contributed by atoms with Crippen LogP contribution in [0.4, 0.5) is 0 Å². The molecule has 1 fully saturated rings. The van der Waals surface area contributed by atoms with Crippen LogP contribution in [0.1, 0.15) is 43.1 Å². The summed E-state index contributed by atoms with van der Waals surface area (Å²) in [5.41, 5.74) is 1.01. The highest BCUT2D eigenvalue weighted by molar-refractivity contribution is 9.08. The van der Waals surface area contributed by atoms with Crippen molar-refractivity contribution in [2.75, 3.05) is 0 Å². The molecule has 1 heterocycles. The first-order valence-electron chi connectivity index (χ1n) is 4.41. The Kier molecular flexibility index (Phi) is 2.49. The summed E-state index contributed by atoms with van der Waals surface area (Å²) in [4.78, 5) is 0. The molecule has 1 aliphatic carbocycles. The second-order valence-electron chi connectivity index (χ2n) is 3.34. The molecular formula is C9H12BrNO. The molecule has 0 amide bonds. The van der Waals surface area contributed by atoms with E-state index in [1.807, 2.05) is 0 Å². The van der Waals surface area contributed by atoms with E-state index in [4.69, 9.17) is 4.52 Å². The monoisotopic (exact) mass is 229 g/mol. The molecule has 2 rings (SSSR count). The number of hydrogen-bond acceptors (Lipinski definition) is 2. The van der Waals surface area contributed by atoms with Gasteiger partial charge in [0.25, 0.3) is 0 Å². The minimum absolute atomic E-state index is 0.644. The maximum absolute atomic E-state index is 5.26. The van der Waals surface area contributed by atoms with Crippen LogP contribution in [0.15, 0.2) is 10.6 Å². The first-order valence-corrected chi connectivity index (χ1v) is 5.54. The van der Waals surface area contributed by atoms with Gasteiger partial charge in [-0.05, 0) is 12.8 Å². The van der Waals surface area contributed by atoms with Crippen LogP contribution in [-0.4, -0.2) is 5.16 Å². The standard InChI is InChI=1S/C9H12BrNO/c10-6-8-5-9(12-11-8)7-3-1-2-4-7/h5,7H,1-4,6H2. The van der Waals surface area contributed by atoms with Crippen molar-refractivity contribution in [1.29, 1.82) is 0 Å². The quantitative estimate of drug-likeness (QED) is 0.729. The minimum Gasteiger partial charge on any atom is -0.361 e. The molecule has 3 heteroatoms. The summed E-state index contributed by atoms with van der Waals surface area (Å²) in [5.74, 6) is 1.73. The second-order valence-corrected chi connectivity index (χ2v) is 3.90. The summed E-state index contributed by atoms with van der Waals surface area (Å²) >= 11 is 3.36. The number of aromatic nitrogens is 1. The van der Waals surface area contributed by atoms with Gasteiger partial charge in [0.1, 0.15) is 5.76 Å². The Morgan fingerprint density at radius 3 is 2.83 bits per heavy atom. The Bertz CT molecular complexity index is 253. The number of alkyl halides is 1. The van der Waals surface area contributed by atoms with Crippen molar-refractivity contribution in [3.63, 3.8) is 0 Å². The zero-order valence-corrected chi connectivity index (χ0v) is 8.51. The van der Waals surface area contributed by atoms with E-state index in [9.17, 15) is 0 Å². The van der Waals surface area contributed by atoms with E-state index < -0.39 is 0 Å². The van der Waals surface area contributed by atoms with Crippen molar-refractivity contribution < 1.29 is 4.52 Å². The van der Waals surface area contributed by atoms with E-state index in [0.717, 1.165) is 16.8 Å². The molecule has 0 spiro atoms. The number of hydrogen-bond donors (Lipinski definition) is 0. The highest BCUT2D eigenvalue weighted by atomic mass is 79.9. The van der Waals surface area contributed by atoms with Gasteiger partial charge in [-0.2, -0.15) is 0 Å². The number of halogens is 1. The Morgan fingerprint density at radius 2 is 2.25 bits per heavy atom. The molecule has 1 saturated carbocycles. The van der Waals surface area contributed by atoms with E-state index in [1.165, 1.54) is 25.7 Å². The van der Waals surface area contributed by atoms with Gasteiger partial charge in [0.2, 0.25) is 0 Å². The average Bonchev–Trinajstić information content (AvgIpc) is 2.75. The molecule has 0 unspecified atom stereocenters. The molecule has 0 bridgehead atoms. The predicted octanol–water partition coefficient (Wildman–Crippen LogP) is 3.23. The fraction of sp³-hybridized carbons (Fsp3) is 0.667. The largest absolute Gasteiger partial charge is 0.361 e. The van der Waals surface area contributed by atoms with Gasteiger partial charge in [-0.15, -0.1) is 0 Å². The lowest BCUT2D eigenvalue weighted by molar-refractivity contribution is 0.357. The van der Waals surface area contributed by atoms with E-state index in [-0.39, 0.29) is 0 Å². The maximum Gasteiger partial charge on any atom is 0.140 e. The third kappa shape index (κ3) is 1.56. The lowest BCUT2D eigenvalue weighted by atomic mass is 10.1. The molecule has 0 aromatic carbocycles. The van der Waals surface area contributed by atoms with Gasteiger partial charge in [0, 0.05) is 17.3 Å². The van der Waals surface area contributed by atoms with Gasteiger partial charge < -0.3 is 4.52 Å². The fourth-order valence-corrected chi connectivity index (χ4v) is 2.06. The molecule has 0 aliphatic heterocycles. The molecule has 0 radical (unpaired) electrons. The molecule has 1 aromatic rings. The van der Waals surface area contributed by atoms with Gasteiger partial charge in [-0.1, -0.05) is 33.9 Å². The SMILES string of the molecule is BrCc1cc(C2CCCC2)on1. The van der Waals surface area contributed by atoms with Crippen LogP contribution >= 0.6 is 15.9 Å². The summed E-state index contributed by atoms with van der Waals surface area (Å²) in [6, 6.07) is 2.07. The summed E-state index contributed by atoms with van der Waals surface area (Å²) in [6.07, 6.45) is 5.23. The summed E-state index contributed by atoms with van der Waals surface area (Å²) in [6.45, 7) is 0. The van der Waals surface area contributed by atoms with E-state index in [2.05, 4.69) is 27.2 Å². The molecule has 2 nitrogen and oxygen atoms in total. The van der Waals surface area contributed by atoms with Crippen LogP contribution in [0.3, 0.4) is 0 Å². The smallest absolute Gasteiger partial charge is 0.140 e. The minimum atomic E-state index is 0.644. The van der Waals surface area contributed by atoms with Crippen LogP contribution in [0.25, 0.3) is 0 Å². The van der Waals surface area contributed by atoms with Crippen LogP contribution in [-0.2, 0) is 5.33 Å². The van der Waals surface area contributed by atoms with Crippen molar-refractivity contribution >= 4 is 15.9 Å². The Balaban J connectivity index is 2.11. The number of nitrogens with zero attached hydrogens (tertiary/aromatic N) is 1. The average molecular weight is 230 g/mol. The fourth-order valence-electron chi connectivity index (χ4n) is 1.79.